The maximum atomic E-state index is 5.31. The first-order valence-corrected chi connectivity index (χ1v) is 9.42. The SMILES string of the molecule is COc1ccc(C(CN2CCN(C)CC2)NCC2CNNC2C)cc1. The van der Waals surface area contributed by atoms with Gasteiger partial charge in [-0.15, -0.1) is 0 Å². The van der Waals surface area contributed by atoms with Crippen molar-refractivity contribution in [1.29, 1.82) is 0 Å². The lowest BCUT2D eigenvalue weighted by atomic mass is 10.0. The van der Waals surface area contributed by atoms with Gasteiger partial charge in [-0.25, -0.2) is 0 Å². The summed E-state index contributed by atoms with van der Waals surface area (Å²) < 4.78 is 5.31. The predicted octanol–water partition coefficient (Wildman–Crippen LogP) is 0.686. The van der Waals surface area contributed by atoms with Gasteiger partial charge in [-0.2, -0.15) is 0 Å². The average Bonchev–Trinajstić information content (AvgIpc) is 3.05. The molecule has 2 aliphatic heterocycles. The van der Waals surface area contributed by atoms with Crippen LogP contribution in [-0.2, 0) is 0 Å². The number of nitrogens with one attached hydrogen (secondary N) is 3. The summed E-state index contributed by atoms with van der Waals surface area (Å²) in [7, 11) is 3.93. The number of benzene rings is 1. The van der Waals surface area contributed by atoms with Gasteiger partial charge in [0, 0.05) is 63.8 Å². The van der Waals surface area contributed by atoms with Gasteiger partial charge in [0.25, 0.3) is 0 Å². The minimum atomic E-state index is 0.349. The van der Waals surface area contributed by atoms with Gasteiger partial charge in [-0.3, -0.25) is 15.8 Å². The van der Waals surface area contributed by atoms with E-state index in [0.29, 0.717) is 18.0 Å². The summed E-state index contributed by atoms with van der Waals surface area (Å²) in [6.07, 6.45) is 0. The standard InChI is InChI=1S/C19H33N5O/c1-15-17(13-21-22-15)12-20-19(14-24-10-8-23(2)9-11-24)16-4-6-18(25-3)7-5-16/h4-7,15,17,19-22H,8-14H2,1-3H3. The molecule has 2 fully saturated rings. The van der Waals surface area contributed by atoms with Crippen LogP contribution in [0.5, 0.6) is 5.75 Å². The van der Waals surface area contributed by atoms with E-state index in [1.807, 2.05) is 0 Å². The van der Waals surface area contributed by atoms with E-state index in [2.05, 4.69) is 64.2 Å². The van der Waals surface area contributed by atoms with Gasteiger partial charge in [0.15, 0.2) is 0 Å². The van der Waals surface area contributed by atoms with Crippen LogP contribution >= 0.6 is 0 Å². The zero-order valence-corrected chi connectivity index (χ0v) is 15.8. The van der Waals surface area contributed by atoms with Crippen LogP contribution in [0.3, 0.4) is 0 Å². The number of rotatable bonds is 7. The van der Waals surface area contributed by atoms with E-state index in [1.54, 1.807) is 7.11 Å². The molecule has 2 saturated heterocycles. The van der Waals surface area contributed by atoms with Crippen molar-refractivity contribution in [2.75, 3.05) is 60.0 Å². The predicted molar refractivity (Wildman–Crippen MR) is 102 cm³/mol. The number of methoxy groups -OCH3 is 1. The second kappa shape index (κ2) is 8.96. The molecule has 0 aromatic heterocycles. The molecule has 1 aromatic carbocycles. The molecule has 0 radical (unpaired) electrons. The number of hydrogen-bond acceptors (Lipinski definition) is 6. The van der Waals surface area contributed by atoms with Crippen LogP contribution in [0.25, 0.3) is 0 Å². The van der Waals surface area contributed by atoms with Gasteiger partial charge >= 0.3 is 0 Å². The Bertz CT molecular complexity index is 515. The minimum absolute atomic E-state index is 0.349. The van der Waals surface area contributed by atoms with Crippen molar-refractivity contribution < 1.29 is 4.74 Å². The van der Waals surface area contributed by atoms with Gasteiger partial charge in [-0.05, 0) is 31.7 Å². The highest BCUT2D eigenvalue weighted by molar-refractivity contribution is 5.29. The Morgan fingerprint density at radius 2 is 1.92 bits per heavy atom. The Balaban J connectivity index is 1.63. The summed E-state index contributed by atoms with van der Waals surface area (Å²) in [5.41, 5.74) is 7.92. The van der Waals surface area contributed by atoms with E-state index in [1.165, 1.54) is 5.56 Å². The number of likely N-dealkylation sites (N-methyl/N-ethyl adjacent to an activating group) is 1. The fraction of sp³-hybridized carbons (Fsp3) is 0.684. The number of ether oxygens (including phenoxy) is 1. The Labute approximate surface area is 151 Å². The van der Waals surface area contributed by atoms with Crippen molar-refractivity contribution in [2.24, 2.45) is 5.92 Å². The first-order valence-electron chi connectivity index (χ1n) is 9.42. The second-order valence-electron chi connectivity index (χ2n) is 7.41. The Morgan fingerprint density at radius 3 is 2.52 bits per heavy atom. The molecule has 3 atom stereocenters. The van der Waals surface area contributed by atoms with Crippen molar-refractivity contribution in [3.05, 3.63) is 29.8 Å². The van der Waals surface area contributed by atoms with Crippen LogP contribution in [-0.4, -0.2) is 75.8 Å². The van der Waals surface area contributed by atoms with E-state index in [9.17, 15) is 0 Å². The van der Waals surface area contributed by atoms with E-state index < -0.39 is 0 Å². The highest BCUT2D eigenvalue weighted by Gasteiger charge is 2.25. The maximum Gasteiger partial charge on any atom is 0.118 e. The van der Waals surface area contributed by atoms with Crippen LogP contribution < -0.4 is 20.9 Å². The lowest BCUT2D eigenvalue weighted by molar-refractivity contribution is 0.141. The van der Waals surface area contributed by atoms with E-state index in [-0.39, 0.29) is 0 Å². The fourth-order valence-electron chi connectivity index (χ4n) is 3.60. The van der Waals surface area contributed by atoms with E-state index >= 15 is 0 Å². The summed E-state index contributed by atoms with van der Waals surface area (Å²) in [5, 5.41) is 3.83. The summed E-state index contributed by atoms with van der Waals surface area (Å²) in [6.45, 7) is 9.95. The molecule has 25 heavy (non-hydrogen) atoms. The first kappa shape index (κ1) is 18.6. The molecular weight excluding hydrogens is 314 g/mol. The third-order valence-electron chi connectivity index (χ3n) is 5.58. The molecule has 0 saturated carbocycles. The monoisotopic (exact) mass is 347 g/mol. The van der Waals surface area contributed by atoms with Gasteiger partial charge < -0.3 is 15.0 Å². The van der Waals surface area contributed by atoms with Crippen molar-refractivity contribution in [2.45, 2.75) is 19.0 Å². The molecule has 2 aliphatic rings. The molecule has 6 nitrogen and oxygen atoms in total. The molecule has 0 aliphatic carbocycles. The normalized spacial score (nSPS) is 26.7. The van der Waals surface area contributed by atoms with Crippen LogP contribution in [0, 0.1) is 5.92 Å². The van der Waals surface area contributed by atoms with Gasteiger partial charge in [-0.1, -0.05) is 12.1 Å². The number of hydrazine groups is 1. The lowest BCUT2D eigenvalue weighted by Gasteiger charge is -2.35. The molecule has 0 spiro atoms. The third kappa shape index (κ3) is 5.15. The third-order valence-corrected chi connectivity index (χ3v) is 5.58. The highest BCUT2D eigenvalue weighted by Crippen LogP contribution is 2.20. The van der Waals surface area contributed by atoms with Crippen molar-refractivity contribution >= 4 is 0 Å². The summed E-state index contributed by atoms with van der Waals surface area (Å²) in [6, 6.07) is 9.38. The smallest absolute Gasteiger partial charge is 0.118 e. The van der Waals surface area contributed by atoms with Crippen molar-refractivity contribution in [3.63, 3.8) is 0 Å². The number of hydrogen-bond donors (Lipinski definition) is 3. The minimum Gasteiger partial charge on any atom is -0.497 e. The average molecular weight is 348 g/mol. The number of piperazine rings is 1. The van der Waals surface area contributed by atoms with Gasteiger partial charge in [0.2, 0.25) is 0 Å². The van der Waals surface area contributed by atoms with Crippen LogP contribution in [0.2, 0.25) is 0 Å². The lowest BCUT2D eigenvalue weighted by Crippen LogP contribution is -2.47. The van der Waals surface area contributed by atoms with Crippen molar-refractivity contribution in [3.8, 4) is 5.75 Å². The van der Waals surface area contributed by atoms with E-state index in [4.69, 9.17) is 4.74 Å². The molecule has 3 rings (SSSR count). The van der Waals surface area contributed by atoms with Crippen LogP contribution in [0.4, 0.5) is 0 Å². The Morgan fingerprint density at radius 1 is 1.20 bits per heavy atom. The zero-order chi connectivity index (χ0) is 17.6. The highest BCUT2D eigenvalue weighted by atomic mass is 16.5. The largest absolute Gasteiger partial charge is 0.497 e. The first-order chi connectivity index (χ1) is 12.2. The molecular formula is C19H33N5O. The number of nitrogens with zero attached hydrogens (tertiary/aromatic N) is 2. The second-order valence-corrected chi connectivity index (χ2v) is 7.41. The van der Waals surface area contributed by atoms with Gasteiger partial charge in [0.1, 0.15) is 5.75 Å². The fourth-order valence-corrected chi connectivity index (χ4v) is 3.60. The molecule has 3 unspecified atom stereocenters. The molecule has 6 heteroatoms. The molecule has 140 valence electrons. The summed E-state index contributed by atoms with van der Waals surface area (Å²) in [5.74, 6) is 1.54. The van der Waals surface area contributed by atoms with Crippen LogP contribution in [0.1, 0.15) is 18.5 Å². The molecule has 0 amide bonds. The van der Waals surface area contributed by atoms with Gasteiger partial charge in [0.05, 0.1) is 7.11 Å². The molecule has 2 heterocycles. The molecule has 0 bridgehead atoms. The molecule has 3 N–H and O–H groups in total. The molecule has 1 aromatic rings. The zero-order valence-electron chi connectivity index (χ0n) is 15.8. The van der Waals surface area contributed by atoms with Crippen molar-refractivity contribution in [1.82, 2.24) is 26.0 Å². The quantitative estimate of drug-likeness (QED) is 0.675. The van der Waals surface area contributed by atoms with Crippen LogP contribution in [0.15, 0.2) is 24.3 Å². The Kier molecular flexibility index (Phi) is 6.67. The topological polar surface area (TPSA) is 51.8 Å². The summed E-state index contributed by atoms with van der Waals surface area (Å²) >= 11 is 0. The maximum absolute atomic E-state index is 5.31. The Hall–Kier alpha value is -1.18. The van der Waals surface area contributed by atoms with E-state index in [0.717, 1.165) is 51.6 Å². The summed E-state index contributed by atoms with van der Waals surface area (Å²) in [4.78, 5) is 4.99.